The van der Waals surface area contributed by atoms with Crippen LogP contribution in [0.2, 0.25) is 0 Å². The van der Waals surface area contributed by atoms with Crippen LogP contribution < -0.4 is 0 Å². The maximum absolute atomic E-state index is 14.6. The highest BCUT2D eigenvalue weighted by atomic mass is 32.2. The average Bonchev–Trinajstić information content (AvgIpc) is 3.76. The fourth-order valence-electron chi connectivity index (χ4n) is 11.3. The highest BCUT2D eigenvalue weighted by Gasteiger charge is 2.55. The highest BCUT2D eigenvalue weighted by molar-refractivity contribution is 7.99. The molecule has 2 aromatic rings. The van der Waals surface area contributed by atoms with Crippen LogP contribution in [-0.2, 0) is 41.4 Å². The van der Waals surface area contributed by atoms with Crippen LogP contribution in [0.25, 0.3) is 0 Å². The molecule has 0 bridgehead atoms. The Kier molecular flexibility index (Phi) is 20.3. The molecule has 0 radical (unpaired) electrons. The fraction of sp³-hybridized carbons (Fsp3) is 0.820. The first kappa shape index (κ1) is 58.0. The van der Waals surface area contributed by atoms with Gasteiger partial charge in [-0.25, -0.2) is 0 Å². The number of aliphatic hydroxyl groups excluding tert-OH is 3. The number of aromatic nitrogens is 3. The molecule has 0 amide bonds. The molecule has 5 N–H and O–H groups in total. The Balaban J connectivity index is 1.39. The molecule has 1 aromatic carbocycles. The molecule has 398 valence electrons. The Morgan fingerprint density at radius 2 is 1.69 bits per heavy atom. The molecule has 3 fully saturated rings. The number of methoxy groups -OCH3 is 1. The predicted octanol–water partition coefficient (Wildman–Crippen LogP) is 4.47. The highest BCUT2D eigenvalue weighted by Crippen LogP contribution is 2.45. The Morgan fingerprint density at radius 3 is 2.31 bits per heavy atom. The van der Waals surface area contributed by atoms with Crippen LogP contribution >= 0.6 is 11.8 Å². The summed E-state index contributed by atoms with van der Waals surface area (Å²) in [5, 5.41) is 79.7. The van der Waals surface area contributed by atoms with Crippen LogP contribution in [0.1, 0.15) is 107 Å². The molecule has 70 heavy (non-hydrogen) atoms. The van der Waals surface area contributed by atoms with Crippen molar-refractivity contribution in [3.63, 3.8) is 0 Å². The minimum Gasteiger partial charge on any atom is -0.459 e. The van der Waals surface area contributed by atoms with Gasteiger partial charge in [0.1, 0.15) is 30.0 Å². The average molecular weight is 1010 g/mol. The molecule has 0 saturated carbocycles. The van der Waals surface area contributed by atoms with Crippen molar-refractivity contribution in [3.8, 4) is 0 Å². The number of ether oxygens (including phenoxy) is 5. The van der Waals surface area contributed by atoms with Gasteiger partial charge in [0.05, 0.1) is 52.2 Å². The topological polar surface area (TPSA) is 245 Å². The van der Waals surface area contributed by atoms with E-state index >= 15 is 0 Å². The van der Waals surface area contributed by atoms with Gasteiger partial charge in [-0.05, 0) is 111 Å². The number of carbonyl (C=O) groups excluding carboxylic acids is 1. The van der Waals surface area contributed by atoms with Crippen molar-refractivity contribution in [2.75, 3.05) is 40.0 Å². The van der Waals surface area contributed by atoms with E-state index in [2.05, 4.69) is 15.2 Å². The van der Waals surface area contributed by atoms with Gasteiger partial charge >= 0.3 is 5.97 Å². The van der Waals surface area contributed by atoms with E-state index in [1.54, 1.807) is 63.2 Å². The molecule has 20 heteroatoms. The van der Waals surface area contributed by atoms with Gasteiger partial charge in [-0.1, -0.05) is 32.9 Å². The normalized spacial score (nSPS) is 39.8. The van der Waals surface area contributed by atoms with Crippen LogP contribution in [-0.4, -0.2) is 185 Å². The number of likely N-dealkylation sites (N-methyl/N-ethyl adjacent to an activating group) is 2. The van der Waals surface area contributed by atoms with Gasteiger partial charge in [-0.3, -0.25) is 19.6 Å². The van der Waals surface area contributed by atoms with Crippen molar-refractivity contribution in [2.45, 2.75) is 203 Å². The second-order valence-electron chi connectivity index (χ2n) is 21.4. The smallest absolute Gasteiger partial charge is 0.309 e. The summed E-state index contributed by atoms with van der Waals surface area (Å²) >= 11 is 1.62. The summed E-state index contributed by atoms with van der Waals surface area (Å²) in [5.41, 5.74) is -3.61. The van der Waals surface area contributed by atoms with Crippen LogP contribution in [0.4, 0.5) is 5.69 Å². The molecule has 1 aromatic heterocycles. The molecule has 3 saturated heterocycles. The zero-order valence-corrected chi connectivity index (χ0v) is 44.5. The minimum absolute atomic E-state index is 0.0640. The Bertz CT molecular complexity index is 1980. The number of nitro groups is 1. The van der Waals surface area contributed by atoms with E-state index in [1.165, 1.54) is 26.2 Å². The number of esters is 1. The van der Waals surface area contributed by atoms with E-state index in [9.17, 15) is 40.4 Å². The zero-order chi connectivity index (χ0) is 52.0. The summed E-state index contributed by atoms with van der Waals surface area (Å²) in [6.07, 6.45) is -4.08. The quantitative estimate of drug-likeness (QED) is 0.0543. The summed E-state index contributed by atoms with van der Waals surface area (Å²) in [4.78, 5) is 30.1. The third-order valence-electron chi connectivity index (χ3n) is 15.6. The van der Waals surface area contributed by atoms with Crippen LogP contribution in [0, 0.1) is 33.8 Å². The molecule has 18 atom stereocenters. The summed E-state index contributed by atoms with van der Waals surface area (Å²) in [6, 6.07) is 5.55. The molecule has 5 rings (SSSR count). The van der Waals surface area contributed by atoms with Crippen molar-refractivity contribution < 1.29 is 58.9 Å². The maximum Gasteiger partial charge on any atom is 0.309 e. The van der Waals surface area contributed by atoms with Gasteiger partial charge in [0.15, 0.2) is 6.29 Å². The number of thioether (sulfide) groups is 1. The predicted molar refractivity (Wildman–Crippen MR) is 264 cm³/mol. The number of aryl methyl sites for hydroxylation is 1. The Hall–Kier alpha value is -2.86. The van der Waals surface area contributed by atoms with Crippen molar-refractivity contribution in [1.29, 1.82) is 0 Å². The molecule has 3 aliphatic rings. The van der Waals surface area contributed by atoms with E-state index in [1.807, 2.05) is 52.9 Å². The number of nitrogens with zero attached hydrogens (tertiary/aromatic N) is 6. The van der Waals surface area contributed by atoms with E-state index in [-0.39, 0.29) is 37.0 Å². The molecule has 0 spiro atoms. The van der Waals surface area contributed by atoms with Crippen molar-refractivity contribution in [2.24, 2.45) is 23.7 Å². The Morgan fingerprint density at radius 1 is 1.01 bits per heavy atom. The van der Waals surface area contributed by atoms with E-state index in [0.717, 1.165) is 22.8 Å². The van der Waals surface area contributed by atoms with Crippen molar-refractivity contribution >= 4 is 23.4 Å². The minimum atomic E-state index is -1.82. The molecule has 1 unspecified atom stereocenters. The Labute approximate surface area is 419 Å². The summed E-state index contributed by atoms with van der Waals surface area (Å²) in [5.74, 6) is -2.35. The number of hydrogen-bond acceptors (Lipinski definition) is 18. The van der Waals surface area contributed by atoms with Gasteiger partial charge in [-0.2, -0.15) is 0 Å². The zero-order valence-electron chi connectivity index (χ0n) is 43.7. The van der Waals surface area contributed by atoms with Crippen LogP contribution in [0.15, 0.2) is 35.4 Å². The standard InChI is InChI=1S/C50H84N6O13S/c1-14-40-50(10,62)43(58)33(6)54(12)27-29(2)25-48(8,61)45(31(4)41(32(5)46(60)68-40)39-26-49(9,65-13)44(59)34(7)67-39)69-47-42(57)38(24-30(3)66-47)53(11)22-20-35-28-55(52-51-35)21-15-23-70-37-18-16-36(17-19-37)56(63)64/h16-19,28-34,38-45,47,57-59,61-62H,14-15,20-27H2,1-13H3/t29-,30-,31+,32-,33-,34+,38+,39-,40-,41?,42-,43-,44+,45-,47+,48-,49-,50-/m1/s1. The third-order valence-corrected chi connectivity index (χ3v) is 16.7. The first-order chi connectivity index (χ1) is 32.7. The number of hydrogen-bond donors (Lipinski definition) is 5. The second-order valence-corrected chi connectivity index (χ2v) is 22.6. The summed E-state index contributed by atoms with van der Waals surface area (Å²) in [7, 11) is 5.31. The van der Waals surface area contributed by atoms with Gasteiger partial charge in [0, 0.05) is 80.8 Å². The molecular formula is C50H84N6O13S. The molecular weight excluding hydrogens is 925 g/mol. The molecule has 4 heterocycles. The van der Waals surface area contributed by atoms with E-state index < -0.39 is 107 Å². The van der Waals surface area contributed by atoms with Crippen LogP contribution in [0.3, 0.4) is 0 Å². The first-order valence-electron chi connectivity index (χ1n) is 25.1. The first-order valence-corrected chi connectivity index (χ1v) is 26.1. The van der Waals surface area contributed by atoms with Crippen LogP contribution in [0.5, 0.6) is 0 Å². The molecule has 0 aliphatic carbocycles. The summed E-state index contributed by atoms with van der Waals surface area (Å²) < 4.78 is 33.9. The van der Waals surface area contributed by atoms with Crippen molar-refractivity contribution in [3.05, 3.63) is 46.3 Å². The summed E-state index contributed by atoms with van der Waals surface area (Å²) in [6.45, 7) is 19.5. The van der Waals surface area contributed by atoms with Gasteiger partial charge < -0.3 is 59.0 Å². The lowest BCUT2D eigenvalue weighted by Crippen LogP contribution is -2.62. The fourth-order valence-corrected chi connectivity index (χ4v) is 12.1. The van der Waals surface area contributed by atoms with Gasteiger partial charge in [0.2, 0.25) is 0 Å². The number of benzene rings is 1. The monoisotopic (exact) mass is 1010 g/mol. The second kappa shape index (κ2) is 24.4. The van der Waals surface area contributed by atoms with Gasteiger partial charge in [0.25, 0.3) is 5.69 Å². The lowest BCUT2D eigenvalue weighted by Gasteiger charge is -2.51. The van der Waals surface area contributed by atoms with Gasteiger partial charge in [-0.15, -0.1) is 16.9 Å². The number of aliphatic hydroxyl groups is 5. The largest absolute Gasteiger partial charge is 0.459 e. The van der Waals surface area contributed by atoms with Crippen molar-refractivity contribution in [1.82, 2.24) is 24.8 Å². The number of cyclic esters (lactones) is 1. The number of nitro benzene ring substituents is 1. The lowest BCUT2D eigenvalue weighted by atomic mass is 9.68. The number of carbonyl (C=O) groups is 1. The number of non-ortho nitro benzene ring substituents is 1. The van der Waals surface area contributed by atoms with E-state index in [4.69, 9.17) is 23.7 Å². The SMILES string of the molecule is CC[C@H]1OC(=O)[C@H](C)C([C@H]2C[C@@](C)(OC)[C@@H](O)[C@H](C)O2)[C@H](C)[C@@H](O[C@@H]2O[C@H](C)C[C@H](N(C)CCc3cn(CCCSc4ccc([N+](=O)[O-])cc4)nn3)[C@H]2O)[C@](C)(O)C[C@@H](C)CN(C)[C@H](C)[C@@H](O)[C@]1(C)O. The maximum atomic E-state index is 14.6. The third kappa shape index (κ3) is 13.8. The van der Waals surface area contributed by atoms with E-state index in [0.29, 0.717) is 32.5 Å². The molecule has 19 nitrogen and oxygen atoms in total. The lowest BCUT2D eigenvalue weighted by molar-refractivity contribution is -0.384. The number of rotatable bonds is 15. The molecule has 3 aliphatic heterocycles.